The Labute approximate surface area is 192 Å². The molecule has 0 fully saturated rings. The van der Waals surface area contributed by atoms with Gasteiger partial charge in [-0.05, 0) is 89.1 Å². The molecule has 2 aromatic carbocycles. The first-order valence-corrected chi connectivity index (χ1v) is 11.1. The fraction of sp³-hybridized carbons (Fsp3) is 0.238. The number of thioether (sulfide) groups is 1. The summed E-state index contributed by atoms with van der Waals surface area (Å²) >= 11 is 10.7. The van der Waals surface area contributed by atoms with Crippen molar-refractivity contribution in [2.75, 3.05) is 19.8 Å². The van der Waals surface area contributed by atoms with Crippen LogP contribution in [0.5, 0.6) is 17.2 Å². The third kappa shape index (κ3) is 5.71. The quantitative estimate of drug-likeness (QED) is 0.388. The molecule has 2 N–H and O–H groups in total. The van der Waals surface area contributed by atoms with Gasteiger partial charge in [0, 0.05) is 5.02 Å². The molecule has 0 saturated carbocycles. The highest BCUT2D eigenvalue weighted by atomic mass is 79.9. The number of carbonyl (C=O) groups is 1. The first-order chi connectivity index (χ1) is 14.4. The molecule has 1 aliphatic heterocycles. The Balaban J connectivity index is 1.68. The molecule has 2 aromatic rings. The van der Waals surface area contributed by atoms with Crippen LogP contribution in [-0.2, 0) is 4.79 Å². The predicted octanol–water partition coefficient (Wildman–Crippen LogP) is 5.20. The number of nitrogens with two attached hydrogens (primary N) is 1. The van der Waals surface area contributed by atoms with Crippen molar-refractivity contribution in [3.05, 3.63) is 55.9 Å². The van der Waals surface area contributed by atoms with E-state index in [9.17, 15) is 4.79 Å². The standard InChI is InChI=1S/C21H20BrClN2O4S/c1-3-27-17-10-13(11-18-20(26)25-21(24)30-18)9-15(22)19(17)29-7-6-28-14-4-5-16(23)12(2)8-14/h4-5,8-11H,3,6-7H2,1-2H3,(H2,24,25,26)/b18-11+. The molecule has 6 nitrogen and oxygen atoms in total. The zero-order valence-electron chi connectivity index (χ0n) is 16.4. The van der Waals surface area contributed by atoms with Gasteiger partial charge >= 0.3 is 0 Å². The van der Waals surface area contributed by atoms with Crippen LogP contribution >= 0.6 is 39.3 Å². The topological polar surface area (TPSA) is 83.1 Å². The third-order valence-corrected chi connectivity index (χ3v) is 5.82. The van der Waals surface area contributed by atoms with Crippen molar-refractivity contribution >= 4 is 56.4 Å². The minimum Gasteiger partial charge on any atom is -0.490 e. The van der Waals surface area contributed by atoms with Crippen molar-refractivity contribution in [1.82, 2.24) is 0 Å². The Hall–Kier alpha value is -2.16. The van der Waals surface area contributed by atoms with E-state index in [4.69, 9.17) is 31.5 Å². The van der Waals surface area contributed by atoms with Crippen LogP contribution in [-0.4, -0.2) is 30.9 Å². The maximum Gasteiger partial charge on any atom is 0.286 e. The summed E-state index contributed by atoms with van der Waals surface area (Å²) in [7, 11) is 0. The number of hydrogen-bond donors (Lipinski definition) is 1. The van der Waals surface area contributed by atoms with Gasteiger partial charge in [0.25, 0.3) is 5.91 Å². The van der Waals surface area contributed by atoms with Gasteiger partial charge in [0.1, 0.15) is 19.0 Å². The van der Waals surface area contributed by atoms with Crippen LogP contribution in [0.25, 0.3) is 6.08 Å². The normalized spacial score (nSPS) is 14.7. The van der Waals surface area contributed by atoms with Gasteiger partial charge in [-0.1, -0.05) is 11.6 Å². The van der Waals surface area contributed by atoms with E-state index in [0.29, 0.717) is 45.7 Å². The first kappa shape index (κ1) is 22.5. The summed E-state index contributed by atoms with van der Waals surface area (Å²) in [6.45, 7) is 4.95. The highest BCUT2D eigenvalue weighted by Gasteiger charge is 2.20. The Morgan fingerprint density at radius 2 is 1.97 bits per heavy atom. The van der Waals surface area contributed by atoms with Crippen molar-refractivity contribution < 1.29 is 19.0 Å². The molecule has 0 bridgehead atoms. The first-order valence-electron chi connectivity index (χ1n) is 9.13. The summed E-state index contributed by atoms with van der Waals surface area (Å²) in [5, 5.41) is 0.942. The van der Waals surface area contributed by atoms with E-state index < -0.39 is 0 Å². The third-order valence-electron chi connectivity index (χ3n) is 3.99. The monoisotopic (exact) mass is 510 g/mol. The molecule has 0 radical (unpaired) electrons. The molecule has 158 valence electrons. The van der Waals surface area contributed by atoms with Crippen molar-refractivity contribution in [2.24, 2.45) is 10.7 Å². The van der Waals surface area contributed by atoms with Gasteiger partial charge in [0.15, 0.2) is 16.7 Å². The number of nitrogens with zero attached hydrogens (tertiary/aromatic N) is 1. The van der Waals surface area contributed by atoms with Crippen LogP contribution < -0.4 is 19.9 Å². The van der Waals surface area contributed by atoms with Crippen LogP contribution in [0.2, 0.25) is 5.02 Å². The van der Waals surface area contributed by atoms with E-state index >= 15 is 0 Å². The SMILES string of the molecule is CCOc1cc(/C=C2/SC(N)=NC2=O)cc(Br)c1OCCOc1ccc(Cl)c(C)c1. The molecule has 9 heteroatoms. The molecule has 0 spiro atoms. The Kier molecular flexibility index (Phi) is 7.69. The van der Waals surface area contributed by atoms with Gasteiger partial charge in [-0.15, -0.1) is 0 Å². The second kappa shape index (κ2) is 10.2. The lowest BCUT2D eigenvalue weighted by Gasteiger charge is -2.15. The van der Waals surface area contributed by atoms with Crippen LogP contribution in [0, 0.1) is 6.92 Å². The molecule has 1 heterocycles. The molecule has 0 aliphatic carbocycles. The minimum absolute atomic E-state index is 0.242. The Bertz CT molecular complexity index is 1030. The number of aliphatic imine (C=N–C) groups is 1. The number of benzene rings is 2. The predicted molar refractivity (Wildman–Crippen MR) is 125 cm³/mol. The minimum atomic E-state index is -0.346. The van der Waals surface area contributed by atoms with Crippen molar-refractivity contribution in [3.8, 4) is 17.2 Å². The van der Waals surface area contributed by atoms with Gasteiger partial charge in [-0.3, -0.25) is 4.79 Å². The maximum atomic E-state index is 11.8. The van der Waals surface area contributed by atoms with E-state index in [1.54, 1.807) is 12.1 Å². The lowest BCUT2D eigenvalue weighted by atomic mass is 10.2. The molecular weight excluding hydrogens is 492 g/mol. The number of halogens is 2. The molecule has 0 unspecified atom stereocenters. The number of carbonyl (C=O) groups excluding carboxylic acids is 1. The van der Waals surface area contributed by atoms with Crippen molar-refractivity contribution in [1.29, 1.82) is 0 Å². The fourth-order valence-corrected chi connectivity index (χ4v) is 4.03. The van der Waals surface area contributed by atoms with E-state index in [1.165, 1.54) is 0 Å². The Morgan fingerprint density at radius 3 is 2.63 bits per heavy atom. The second-order valence-electron chi connectivity index (χ2n) is 6.24. The average Bonchev–Trinajstić information content (AvgIpc) is 3.00. The number of rotatable bonds is 8. The Morgan fingerprint density at radius 1 is 1.20 bits per heavy atom. The molecular formula is C21H20BrClN2O4S. The summed E-state index contributed by atoms with van der Waals surface area (Å²) in [5.74, 6) is 1.51. The summed E-state index contributed by atoms with van der Waals surface area (Å²) in [5.41, 5.74) is 7.33. The summed E-state index contributed by atoms with van der Waals surface area (Å²) in [6, 6.07) is 9.15. The van der Waals surface area contributed by atoms with Crippen LogP contribution in [0.3, 0.4) is 0 Å². The number of amides is 1. The number of ether oxygens (including phenoxy) is 3. The van der Waals surface area contributed by atoms with Crippen LogP contribution in [0.15, 0.2) is 44.7 Å². The molecule has 1 aliphatic rings. The zero-order valence-corrected chi connectivity index (χ0v) is 19.6. The number of amidine groups is 1. The fourth-order valence-electron chi connectivity index (χ4n) is 2.66. The average molecular weight is 512 g/mol. The van der Waals surface area contributed by atoms with E-state index in [1.807, 2.05) is 38.1 Å². The largest absolute Gasteiger partial charge is 0.490 e. The second-order valence-corrected chi connectivity index (χ2v) is 8.56. The van der Waals surface area contributed by atoms with Gasteiger partial charge in [0.2, 0.25) is 0 Å². The van der Waals surface area contributed by atoms with Gasteiger partial charge in [-0.2, -0.15) is 4.99 Å². The van der Waals surface area contributed by atoms with E-state index in [2.05, 4.69) is 20.9 Å². The highest BCUT2D eigenvalue weighted by Crippen LogP contribution is 2.38. The maximum absolute atomic E-state index is 11.8. The zero-order chi connectivity index (χ0) is 21.7. The van der Waals surface area contributed by atoms with E-state index in [-0.39, 0.29) is 11.1 Å². The molecule has 0 saturated heterocycles. The molecule has 30 heavy (non-hydrogen) atoms. The lowest BCUT2D eigenvalue weighted by molar-refractivity contribution is -0.113. The van der Waals surface area contributed by atoms with Gasteiger partial charge in [0.05, 0.1) is 16.0 Å². The molecule has 1 amide bonds. The van der Waals surface area contributed by atoms with Crippen molar-refractivity contribution in [2.45, 2.75) is 13.8 Å². The summed E-state index contributed by atoms with van der Waals surface area (Å²) in [4.78, 5) is 16.0. The van der Waals surface area contributed by atoms with Crippen LogP contribution in [0.4, 0.5) is 0 Å². The summed E-state index contributed by atoms with van der Waals surface area (Å²) < 4.78 is 18.1. The smallest absolute Gasteiger partial charge is 0.286 e. The summed E-state index contributed by atoms with van der Waals surface area (Å²) in [6.07, 6.45) is 1.72. The van der Waals surface area contributed by atoms with Gasteiger partial charge < -0.3 is 19.9 Å². The van der Waals surface area contributed by atoms with Crippen molar-refractivity contribution in [3.63, 3.8) is 0 Å². The highest BCUT2D eigenvalue weighted by molar-refractivity contribution is 9.10. The van der Waals surface area contributed by atoms with Gasteiger partial charge in [-0.25, -0.2) is 0 Å². The molecule has 0 atom stereocenters. The van der Waals surface area contributed by atoms with E-state index in [0.717, 1.165) is 28.6 Å². The number of aryl methyl sites for hydroxylation is 1. The lowest BCUT2D eigenvalue weighted by Crippen LogP contribution is -2.10. The molecule has 3 rings (SSSR count). The number of hydrogen-bond acceptors (Lipinski definition) is 6. The van der Waals surface area contributed by atoms with Crippen LogP contribution in [0.1, 0.15) is 18.1 Å². The molecule has 0 aromatic heterocycles.